The average Bonchev–Trinajstić information content (AvgIpc) is 3.31. The molecule has 0 N–H and O–H groups in total. The Hall–Kier alpha value is -3.95. The Balaban J connectivity index is 1.33. The molecule has 1 aliphatic heterocycles. The largest absolute Gasteiger partial charge is 0.416 e. The molecular weight excluding hydrogens is 486 g/mol. The number of alkyl halides is 3. The topological polar surface area (TPSA) is 53.7 Å². The van der Waals surface area contributed by atoms with Crippen molar-refractivity contribution in [2.24, 2.45) is 0 Å². The lowest BCUT2D eigenvalue weighted by atomic mass is 10.0. The highest BCUT2D eigenvalue weighted by Gasteiger charge is 2.31. The number of hydrogen-bond acceptors (Lipinski definition) is 4. The number of amides is 1. The first-order chi connectivity index (χ1) is 17.6. The van der Waals surface area contributed by atoms with Gasteiger partial charge in [-0.3, -0.25) is 4.79 Å². The molecule has 0 unspecified atom stereocenters. The number of rotatable bonds is 4. The third-order valence-electron chi connectivity index (χ3n) is 6.84. The number of carbonyl (C=O) groups is 1. The van der Waals surface area contributed by atoms with Crippen LogP contribution in [-0.4, -0.2) is 51.6 Å². The molecule has 37 heavy (non-hydrogen) atoms. The molecule has 3 heterocycles. The van der Waals surface area contributed by atoms with Crippen molar-refractivity contribution in [1.29, 1.82) is 0 Å². The quantitative estimate of drug-likeness (QED) is 0.360. The van der Waals surface area contributed by atoms with Gasteiger partial charge in [0, 0.05) is 49.7 Å². The Morgan fingerprint density at radius 2 is 1.70 bits per heavy atom. The van der Waals surface area contributed by atoms with Crippen LogP contribution in [0.2, 0.25) is 0 Å². The minimum atomic E-state index is -4.40. The summed E-state index contributed by atoms with van der Waals surface area (Å²) in [6, 6.07) is 11.5. The first-order valence-corrected chi connectivity index (χ1v) is 11.9. The van der Waals surface area contributed by atoms with Crippen LogP contribution < -0.4 is 4.90 Å². The lowest BCUT2D eigenvalue weighted by Crippen LogP contribution is -2.48. The van der Waals surface area contributed by atoms with E-state index in [-0.39, 0.29) is 11.7 Å². The predicted octanol–water partition coefficient (Wildman–Crippen LogP) is 5.06. The smallest absolute Gasteiger partial charge is 0.368 e. The molecule has 10 heteroatoms. The average molecular weight is 512 g/mol. The third-order valence-corrected chi connectivity index (χ3v) is 6.84. The molecule has 0 radical (unpaired) electrons. The molecule has 5 rings (SSSR count). The summed E-state index contributed by atoms with van der Waals surface area (Å²) >= 11 is 0. The van der Waals surface area contributed by atoms with Crippen molar-refractivity contribution in [1.82, 2.24) is 19.5 Å². The summed E-state index contributed by atoms with van der Waals surface area (Å²) in [5, 5.41) is 4.42. The van der Waals surface area contributed by atoms with Crippen molar-refractivity contribution in [2.45, 2.75) is 26.4 Å². The van der Waals surface area contributed by atoms with E-state index in [9.17, 15) is 22.4 Å². The fraction of sp³-hybridized carbons (Fsp3) is 0.296. The predicted molar refractivity (Wildman–Crippen MR) is 131 cm³/mol. The van der Waals surface area contributed by atoms with Crippen LogP contribution in [0.4, 0.5) is 23.2 Å². The molecular formula is C27H25F4N5O. The van der Waals surface area contributed by atoms with Gasteiger partial charge in [-0.1, -0.05) is 18.2 Å². The lowest BCUT2D eigenvalue weighted by molar-refractivity contribution is -0.137. The zero-order valence-electron chi connectivity index (χ0n) is 20.4. The van der Waals surface area contributed by atoms with Crippen molar-refractivity contribution in [2.75, 3.05) is 31.1 Å². The molecule has 1 aliphatic rings. The van der Waals surface area contributed by atoms with Crippen LogP contribution in [-0.2, 0) is 12.6 Å². The number of piperazine rings is 1. The van der Waals surface area contributed by atoms with Gasteiger partial charge in [0.15, 0.2) is 5.65 Å². The fourth-order valence-corrected chi connectivity index (χ4v) is 4.74. The van der Waals surface area contributed by atoms with Crippen LogP contribution in [0.25, 0.3) is 5.65 Å². The van der Waals surface area contributed by atoms with Crippen LogP contribution in [0.1, 0.15) is 38.4 Å². The maximum absolute atomic E-state index is 13.4. The Morgan fingerprint density at radius 3 is 2.38 bits per heavy atom. The van der Waals surface area contributed by atoms with Crippen molar-refractivity contribution in [3.8, 4) is 0 Å². The minimum Gasteiger partial charge on any atom is -0.368 e. The number of anilines is 1. The van der Waals surface area contributed by atoms with E-state index in [1.807, 2.05) is 18.7 Å². The van der Waals surface area contributed by atoms with Gasteiger partial charge in [0.1, 0.15) is 11.4 Å². The van der Waals surface area contributed by atoms with Crippen LogP contribution in [0.3, 0.4) is 0 Å². The number of halogens is 4. The molecule has 1 amide bonds. The van der Waals surface area contributed by atoms with Crippen LogP contribution in [0.5, 0.6) is 0 Å². The molecule has 6 nitrogen and oxygen atoms in total. The van der Waals surface area contributed by atoms with Gasteiger partial charge in [-0.2, -0.15) is 18.3 Å². The molecule has 1 fully saturated rings. The highest BCUT2D eigenvalue weighted by Crippen LogP contribution is 2.32. The number of nitrogens with zero attached hydrogens (tertiary/aromatic N) is 5. The van der Waals surface area contributed by atoms with E-state index in [2.05, 4.69) is 10.1 Å². The first-order valence-electron chi connectivity index (χ1n) is 11.9. The van der Waals surface area contributed by atoms with Crippen molar-refractivity contribution < 1.29 is 22.4 Å². The van der Waals surface area contributed by atoms with E-state index in [1.165, 1.54) is 24.4 Å². The molecule has 4 aromatic rings. The van der Waals surface area contributed by atoms with Gasteiger partial charge in [-0.25, -0.2) is 13.9 Å². The molecule has 0 bridgehead atoms. The van der Waals surface area contributed by atoms with Crippen LogP contribution >= 0.6 is 0 Å². The van der Waals surface area contributed by atoms with Gasteiger partial charge in [0.05, 0.1) is 11.8 Å². The van der Waals surface area contributed by atoms with E-state index < -0.39 is 11.7 Å². The lowest BCUT2D eigenvalue weighted by Gasteiger charge is -2.36. The highest BCUT2D eigenvalue weighted by molar-refractivity contribution is 5.99. The van der Waals surface area contributed by atoms with Gasteiger partial charge < -0.3 is 9.80 Å². The van der Waals surface area contributed by atoms with Crippen molar-refractivity contribution in [3.05, 3.63) is 94.2 Å². The summed E-state index contributed by atoms with van der Waals surface area (Å²) in [4.78, 5) is 21.6. The van der Waals surface area contributed by atoms with E-state index in [1.54, 1.807) is 27.6 Å². The van der Waals surface area contributed by atoms with Crippen LogP contribution in [0.15, 0.2) is 54.7 Å². The Labute approximate surface area is 211 Å². The molecule has 192 valence electrons. The molecule has 2 aromatic carbocycles. The van der Waals surface area contributed by atoms with E-state index in [0.717, 1.165) is 34.6 Å². The van der Waals surface area contributed by atoms with Gasteiger partial charge in [-0.05, 0) is 55.3 Å². The summed E-state index contributed by atoms with van der Waals surface area (Å²) in [5.41, 5.74) is 4.14. The number of aryl methyl sites for hydroxylation is 2. The maximum Gasteiger partial charge on any atom is 0.416 e. The second-order valence-electron chi connectivity index (χ2n) is 9.19. The number of fused-ring (bicyclic) bond motifs is 1. The molecule has 1 saturated heterocycles. The molecule has 0 spiro atoms. The highest BCUT2D eigenvalue weighted by atomic mass is 19.4. The first kappa shape index (κ1) is 24.7. The SMILES string of the molecule is Cc1nc2c(C(=O)N3CCN(c4cccc(C(F)(F)F)c4)CC3)cnn2c(C)c1Cc1ccc(F)cc1. The van der Waals surface area contributed by atoms with Crippen LogP contribution in [0, 0.1) is 19.7 Å². The van der Waals surface area contributed by atoms with Crippen molar-refractivity contribution in [3.63, 3.8) is 0 Å². The number of aromatic nitrogens is 3. The van der Waals surface area contributed by atoms with Gasteiger partial charge >= 0.3 is 6.18 Å². The summed E-state index contributed by atoms with van der Waals surface area (Å²) in [6.45, 7) is 5.36. The molecule has 0 saturated carbocycles. The maximum atomic E-state index is 13.4. The number of carbonyl (C=O) groups excluding carboxylic acids is 1. The Bertz CT molecular complexity index is 1450. The molecule has 2 aromatic heterocycles. The minimum absolute atomic E-state index is 0.212. The Morgan fingerprint density at radius 1 is 1.00 bits per heavy atom. The van der Waals surface area contributed by atoms with Crippen molar-refractivity contribution >= 4 is 17.2 Å². The van der Waals surface area contributed by atoms with E-state index >= 15 is 0 Å². The second-order valence-corrected chi connectivity index (χ2v) is 9.19. The number of hydrogen-bond donors (Lipinski definition) is 0. The van der Waals surface area contributed by atoms with E-state index in [4.69, 9.17) is 0 Å². The number of benzene rings is 2. The van der Waals surface area contributed by atoms with Gasteiger partial charge in [-0.15, -0.1) is 0 Å². The zero-order valence-corrected chi connectivity index (χ0v) is 20.4. The standard InChI is InChI=1S/C27H25F4N5O/c1-17-23(14-19-6-8-21(28)9-7-19)18(2)36-25(33-17)24(16-32-36)26(37)35-12-10-34(11-13-35)22-5-3-4-20(15-22)27(29,30)31/h3-9,15-16H,10-14H2,1-2H3. The molecule has 0 atom stereocenters. The van der Waals surface area contributed by atoms with Gasteiger partial charge in [0.2, 0.25) is 0 Å². The summed E-state index contributed by atoms with van der Waals surface area (Å²) < 4.78 is 54.2. The Kier molecular flexibility index (Phi) is 6.35. The fourth-order valence-electron chi connectivity index (χ4n) is 4.74. The third kappa shape index (κ3) is 4.87. The summed E-state index contributed by atoms with van der Waals surface area (Å²) in [6.07, 6.45) is -2.33. The molecule has 0 aliphatic carbocycles. The van der Waals surface area contributed by atoms with Gasteiger partial charge in [0.25, 0.3) is 5.91 Å². The monoisotopic (exact) mass is 511 g/mol. The summed E-state index contributed by atoms with van der Waals surface area (Å²) in [7, 11) is 0. The zero-order chi connectivity index (χ0) is 26.3. The summed E-state index contributed by atoms with van der Waals surface area (Å²) in [5.74, 6) is -0.507. The second kappa shape index (κ2) is 9.49. The normalized spacial score (nSPS) is 14.4. The van der Waals surface area contributed by atoms with E-state index in [0.29, 0.717) is 49.5 Å².